The van der Waals surface area contributed by atoms with Crippen molar-refractivity contribution in [3.8, 4) is 0 Å². The molecule has 1 unspecified atom stereocenters. The van der Waals surface area contributed by atoms with E-state index in [4.69, 9.17) is 5.73 Å². The molecule has 1 atom stereocenters. The topological polar surface area (TPSA) is 58.4 Å². The van der Waals surface area contributed by atoms with Crippen LogP contribution in [0.3, 0.4) is 0 Å². The van der Waals surface area contributed by atoms with Gasteiger partial charge in [0.1, 0.15) is 0 Å². The first-order chi connectivity index (χ1) is 8.63. The average Bonchev–Trinajstić information content (AvgIpc) is 2.72. The van der Waals surface area contributed by atoms with Gasteiger partial charge in [-0.3, -0.25) is 9.69 Å². The molecule has 1 aromatic rings. The summed E-state index contributed by atoms with van der Waals surface area (Å²) < 4.78 is 1.03. The van der Waals surface area contributed by atoms with Gasteiger partial charge in [0.05, 0.1) is 6.54 Å². The number of nitrogens with two attached hydrogens (primary N) is 1. The first-order valence-electron chi connectivity index (χ1n) is 6.12. The van der Waals surface area contributed by atoms with Crippen molar-refractivity contribution in [1.29, 1.82) is 0 Å². The molecule has 5 heteroatoms. The average molecular weight is 312 g/mol. The fourth-order valence-corrected chi connectivity index (χ4v) is 2.56. The number of carbonyl (C=O) groups is 1. The molecule has 0 saturated carbocycles. The highest BCUT2D eigenvalue weighted by molar-refractivity contribution is 9.10. The highest BCUT2D eigenvalue weighted by Gasteiger charge is 2.20. The van der Waals surface area contributed by atoms with E-state index in [0.29, 0.717) is 13.1 Å². The van der Waals surface area contributed by atoms with E-state index in [2.05, 4.69) is 26.1 Å². The molecule has 1 heterocycles. The largest absolute Gasteiger partial charge is 0.351 e. The number of benzene rings is 1. The van der Waals surface area contributed by atoms with Gasteiger partial charge in [-0.05, 0) is 24.1 Å². The molecule has 1 aliphatic heterocycles. The molecule has 0 radical (unpaired) electrons. The molecular formula is C13H18BrN3O. The Hall–Kier alpha value is -0.910. The van der Waals surface area contributed by atoms with Gasteiger partial charge >= 0.3 is 0 Å². The standard InChI is InChI=1S/C13H18BrN3O/c14-11-3-1-2-10(6-11)7-16-13(18)9-17-5-4-12(15)8-17/h1-3,6,12H,4-5,7-9,15H2,(H,16,18). The van der Waals surface area contributed by atoms with Crippen LogP contribution in [0, 0.1) is 0 Å². The van der Waals surface area contributed by atoms with Crippen LogP contribution in [0.15, 0.2) is 28.7 Å². The molecule has 0 spiro atoms. The van der Waals surface area contributed by atoms with Crippen molar-refractivity contribution in [3.63, 3.8) is 0 Å². The third kappa shape index (κ3) is 4.08. The van der Waals surface area contributed by atoms with E-state index in [9.17, 15) is 4.79 Å². The van der Waals surface area contributed by atoms with E-state index < -0.39 is 0 Å². The Balaban J connectivity index is 1.75. The highest BCUT2D eigenvalue weighted by Crippen LogP contribution is 2.11. The number of rotatable bonds is 4. The van der Waals surface area contributed by atoms with Crippen molar-refractivity contribution >= 4 is 21.8 Å². The normalized spacial score (nSPS) is 20.0. The first-order valence-corrected chi connectivity index (χ1v) is 6.92. The summed E-state index contributed by atoms with van der Waals surface area (Å²) in [5, 5.41) is 2.93. The molecule has 4 nitrogen and oxygen atoms in total. The predicted octanol–water partition coefficient (Wildman–Crippen LogP) is 1.10. The van der Waals surface area contributed by atoms with Crippen molar-refractivity contribution in [2.45, 2.75) is 19.0 Å². The van der Waals surface area contributed by atoms with Gasteiger partial charge in [0.15, 0.2) is 0 Å². The van der Waals surface area contributed by atoms with Gasteiger partial charge in [-0.15, -0.1) is 0 Å². The molecule has 18 heavy (non-hydrogen) atoms. The molecule has 2 rings (SSSR count). The van der Waals surface area contributed by atoms with Crippen LogP contribution >= 0.6 is 15.9 Å². The number of amides is 1. The molecule has 1 aromatic carbocycles. The van der Waals surface area contributed by atoms with Crippen LogP contribution in [0.1, 0.15) is 12.0 Å². The van der Waals surface area contributed by atoms with Gasteiger partial charge in [-0.1, -0.05) is 28.1 Å². The van der Waals surface area contributed by atoms with Crippen molar-refractivity contribution in [2.24, 2.45) is 5.73 Å². The molecule has 0 aliphatic carbocycles. The summed E-state index contributed by atoms with van der Waals surface area (Å²) in [6, 6.07) is 8.16. The third-order valence-electron chi connectivity index (χ3n) is 3.05. The second-order valence-corrected chi connectivity index (χ2v) is 5.61. The van der Waals surface area contributed by atoms with E-state index in [-0.39, 0.29) is 11.9 Å². The van der Waals surface area contributed by atoms with Gasteiger partial charge in [0, 0.05) is 30.1 Å². The van der Waals surface area contributed by atoms with Gasteiger partial charge in [0.25, 0.3) is 0 Å². The molecular weight excluding hydrogens is 294 g/mol. The SMILES string of the molecule is NC1CCN(CC(=O)NCc2cccc(Br)c2)C1. The summed E-state index contributed by atoms with van der Waals surface area (Å²) in [5.41, 5.74) is 6.90. The Morgan fingerprint density at radius 3 is 3.06 bits per heavy atom. The smallest absolute Gasteiger partial charge is 0.234 e. The number of nitrogens with zero attached hydrogens (tertiary/aromatic N) is 1. The predicted molar refractivity (Wildman–Crippen MR) is 75.0 cm³/mol. The lowest BCUT2D eigenvalue weighted by Crippen LogP contribution is -2.37. The van der Waals surface area contributed by atoms with Gasteiger partial charge in [0.2, 0.25) is 5.91 Å². The molecule has 1 fully saturated rings. The summed E-state index contributed by atoms with van der Waals surface area (Å²) in [6.45, 7) is 2.76. The molecule has 98 valence electrons. The second kappa shape index (κ2) is 6.31. The lowest BCUT2D eigenvalue weighted by Gasteiger charge is -2.14. The Bertz CT molecular complexity index is 424. The molecule has 3 N–H and O–H groups in total. The zero-order valence-electron chi connectivity index (χ0n) is 10.2. The van der Waals surface area contributed by atoms with Crippen LogP contribution in [0.4, 0.5) is 0 Å². The van der Waals surface area contributed by atoms with Crippen LogP contribution in [0.25, 0.3) is 0 Å². The van der Waals surface area contributed by atoms with E-state index in [1.54, 1.807) is 0 Å². The maximum atomic E-state index is 11.8. The van der Waals surface area contributed by atoms with E-state index in [1.165, 1.54) is 0 Å². The Kier molecular flexibility index (Phi) is 4.74. The van der Waals surface area contributed by atoms with Crippen LogP contribution in [-0.2, 0) is 11.3 Å². The quantitative estimate of drug-likeness (QED) is 0.875. The number of hydrogen-bond acceptors (Lipinski definition) is 3. The lowest BCUT2D eigenvalue weighted by atomic mass is 10.2. The fourth-order valence-electron chi connectivity index (χ4n) is 2.11. The number of halogens is 1. The summed E-state index contributed by atoms with van der Waals surface area (Å²) in [6.07, 6.45) is 0.985. The molecule has 0 bridgehead atoms. The van der Waals surface area contributed by atoms with E-state index in [0.717, 1.165) is 29.5 Å². The van der Waals surface area contributed by atoms with Crippen molar-refractivity contribution in [2.75, 3.05) is 19.6 Å². The highest BCUT2D eigenvalue weighted by atomic mass is 79.9. The summed E-state index contributed by atoms with van der Waals surface area (Å²) in [5.74, 6) is 0.0593. The van der Waals surface area contributed by atoms with Crippen LogP contribution < -0.4 is 11.1 Å². The first kappa shape index (κ1) is 13.5. The van der Waals surface area contributed by atoms with Crippen molar-refractivity contribution in [1.82, 2.24) is 10.2 Å². The monoisotopic (exact) mass is 311 g/mol. The number of carbonyl (C=O) groups excluding carboxylic acids is 1. The van der Waals surface area contributed by atoms with Crippen LogP contribution in [0.5, 0.6) is 0 Å². The maximum absolute atomic E-state index is 11.8. The molecule has 1 amide bonds. The maximum Gasteiger partial charge on any atom is 0.234 e. The minimum absolute atomic E-state index is 0.0593. The second-order valence-electron chi connectivity index (χ2n) is 4.69. The summed E-state index contributed by atoms with van der Waals surface area (Å²) in [4.78, 5) is 13.9. The van der Waals surface area contributed by atoms with Crippen molar-refractivity contribution < 1.29 is 4.79 Å². The number of likely N-dealkylation sites (tertiary alicyclic amines) is 1. The molecule has 1 saturated heterocycles. The number of nitrogens with one attached hydrogen (secondary N) is 1. The van der Waals surface area contributed by atoms with Crippen LogP contribution in [0.2, 0.25) is 0 Å². The zero-order chi connectivity index (χ0) is 13.0. The minimum atomic E-state index is 0.0593. The van der Waals surface area contributed by atoms with Gasteiger partial charge < -0.3 is 11.1 Å². The van der Waals surface area contributed by atoms with Crippen LogP contribution in [-0.4, -0.2) is 36.5 Å². The van der Waals surface area contributed by atoms with Gasteiger partial charge in [-0.2, -0.15) is 0 Å². The van der Waals surface area contributed by atoms with Gasteiger partial charge in [-0.25, -0.2) is 0 Å². The fraction of sp³-hybridized carbons (Fsp3) is 0.462. The Morgan fingerprint density at radius 1 is 1.56 bits per heavy atom. The lowest BCUT2D eigenvalue weighted by molar-refractivity contribution is -0.122. The van der Waals surface area contributed by atoms with E-state index >= 15 is 0 Å². The summed E-state index contributed by atoms with van der Waals surface area (Å²) >= 11 is 3.41. The Morgan fingerprint density at radius 2 is 2.39 bits per heavy atom. The minimum Gasteiger partial charge on any atom is -0.351 e. The third-order valence-corrected chi connectivity index (χ3v) is 3.55. The zero-order valence-corrected chi connectivity index (χ0v) is 11.8. The van der Waals surface area contributed by atoms with Crippen molar-refractivity contribution in [3.05, 3.63) is 34.3 Å². The Labute approximate surface area is 116 Å². The molecule has 0 aromatic heterocycles. The van der Waals surface area contributed by atoms with E-state index in [1.807, 2.05) is 24.3 Å². The summed E-state index contributed by atoms with van der Waals surface area (Å²) in [7, 11) is 0. The number of hydrogen-bond donors (Lipinski definition) is 2. The molecule has 1 aliphatic rings.